The van der Waals surface area contributed by atoms with Crippen LogP contribution in [0.25, 0.3) is 0 Å². The molecular formula is C25H42IN5O2. The maximum Gasteiger partial charge on any atom is 0.409 e. The number of rotatable bonds is 7. The van der Waals surface area contributed by atoms with Crippen LogP contribution in [0.15, 0.2) is 29.3 Å². The molecule has 2 N–H and O–H groups in total. The van der Waals surface area contributed by atoms with Gasteiger partial charge in [0.1, 0.15) is 0 Å². The van der Waals surface area contributed by atoms with Crippen molar-refractivity contribution < 1.29 is 9.53 Å². The second kappa shape index (κ2) is 14.7. The Bertz CT molecular complexity index is 735. The van der Waals surface area contributed by atoms with Gasteiger partial charge in [-0.2, -0.15) is 0 Å². The van der Waals surface area contributed by atoms with E-state index in [0.717, 1.165) is 31.9 Å². The smallest absolute Gasteiger partial charge is 0.409 e. The average Bonchev–Trinajstić information content (AvgIpc) is 2.81. The van der Waals surface area contributed by atoms with E-state index in [9.17, 15) is 4.79 Å². The minimum Gasteiger partial charge on any atom is -0.450 e. The molecule has 0 aliphatic carbocycles. The highest BCUT2D eigenvalue weighted by Gasteiger charge is 2.24. The summed E-state index contributed by atoms with van der Waals surface area (Å²) < 4.78 is 5.11. The van der Waals surface area contributed by atoms with Gasteiger partial charge in [-0.25, -0.2) is 9.79 Å². The summed E-state index contributed by atoms with van der Waals surface area (Å²) in [5.41, 5.74) is 2.60. The van der Waals surface area contributed by atoms with E-state index < -0.39 is 0 Å². The quantitative estimate of drug-likeness (QED) is 0.290. The van der Waals surface area contributed by atoms with Gasteiger partial charge in [-0.3, -0.25) is 4.90 Å². The predicted molar refractivity (Wildman–Crippen MR) is 145 cm³/mol. The lowest BCUT2D eigenvalue weighted by Crippen LogP contribution is -2.49. The zero-order valence-corrected chi connectivity index (χ0v) is 22.8. The van der Waals surface area contributed by atoms with E-state index in [1.165, 1.54) is 36.9 Å². The van der Waals surface area contributed by atoms with Crippen LogP contribution in [0.5, 0.6) is 0 Å². The zero-order chi connectivity index (χ0) is 22.8. The highest BCUT2D eigenvalue weighted by atomic mass is 127. The van der Waals surface area contributed by atoms with Crippen LogP contribution in [0.1, 0.15) is 64.0 Å². The first-order valence-electron chi connectivity index (χ1n) is 12.4. The summed E-state index contributed by atoms with van der Waals surface area (Å²) in [5, 5.41) is 6.89. The number of benzene rings is 1. The van der Waals surface area contributed by atoms with Crippen LogP contribution in [-0.4, -0.2) is 66.7 Å². The molecule has 0 bridgehead atoms. The summed E-state index contributed by atoms with van der Waals surface area (Å²) in [7, 11) is 0. The second-order valence-electron chi connectivity index (χ2n) is 8.93. The lowest BCUT2D eigenvalue weighted by molar-refractivity contribution is 0.0963. The number of amides is 1. The number of nitrogens with zero attached hydrogens (tertiary/aromatic N) is 3. The molecule has 8 heteroatoms. The number of nitrogens with one attached hydrogen (secondary N) is 2. The zero-order valence-electron chi connectivity index (χ0n) is 20.5. The molecule has 1 atom stereocenters. The first-order valence-corrected chi connectivity index (χ1v) is 12.4. The van der Waals surface area contributed by atoms with E-state index in [1.807, 2.05) is 6.92 Å². The average molecular weight is 572 g/mol. The summed E-state index contributed by atoms with van der Waals surface area (Å²) in [6.45, 7) is 11.8. The highest BCUT2D eigenvalue weighted by molar-refractivity contribution is 14.0. The first kappa shape index (κ1) is 27.7. The van der Waals surface area contributed by atoms with E-state index in [2.05, 4.69) is 53.6 Å². The van der Waals surface area contributed by atoms with Crippen molar-refractivity contribution in [2.24, 2.45) is 4.99 Å². The van der Waals surface area contributed by atoms with Gasteiger partial charge in [0.15, 0.2) is 5.96 Å². The lowest BCUT2D eigenvalue weighted by atomic mass is 10.0. The largest absolute Gasteiger partial charge is 0.450 e. The van der Waals surface area contributed by atoms with Crippen molar-refractivity contribution in [3.8, 4) is 0 Å². The number of hydrogen-bond acceptors (Lipinski definition) is 4. The fraction of sp³-hybridized carbons (Fsp3) is 0.680. The third-order valence-electron chi connectivity index (χ3n) is 6.47. The molecule has 0 aromatic heterocycles. The molecule has 3 rings (SSSR count). The van der Waals surface area contributed by atoms with Gasteiger partial charge in [0.05, 0.1) is 13.2 Å². The Balaban J connectivity index is 0.00000385. The third-order valence-corrected chi connectivity index (χ3v) is 6.47. The predicted octanol–water partition coefficient (Wildman–Crippen LogP) is 4.36. The molecule has 1 aromatic rings. The van der Waals surface area contributed by atoms with Crippen molar-refractivity contribution in [1.29, 1.82) is 0 Å². The molecule has 1 unspecified atom stereocenters. The highest BCUT2D eigenvalue weighted by Crippen LogP contribution is 2.19. The number of aliphatic imine (C=N–C) groups is 1. The van der Waals surface area contributed by atoms with Crippen LogP contribution >= 0.6 is 24.0 Å². The molecule has 1 amide bonds. The van der Waals surface area contributed by atoms with Crippen molar-refractivity contribution in [2.75, 3.05) is 32.8 Å². The number of halogens is 1. The van der Waals surface area contributed by atoms with Gasteiger partial charge in [-0.15, -0.1) is 24.0 Å². The monoisotopic (exact) mass is 571 g/mol. The van der Waals surface area contributed by atoms with E-state index in [-0.39, 0.29) is 30.1 Å². The van der Waals surface area contributed by atoms with E-state index in [4.69, 9.17) is 9.73 Å². The van der Waals surface area contributed by atoms with Crippen LogP contribution in [0.2, 0.25) is 0 Å². The number of ether oxygens (including phenoxy) is 1. The molecule has 0 saturated carbocycles. The summed E-state index contributed by atoms with van der Waals surface area (Å²) >= 11 is 0. The molecule has 2 aliphatic rings. The van der Waals surface area contributed by atoms with Crippen molar-refractivity contribution >= 4 is 36.0 Å². The summed E-state index contributed by atoms with van der Waals surface area (Å²) in [5.74, 6) is 0.841. The summed E-state index contributed by atoms with van der Waals surface area (Å²) in [6, 6.07) is 9.90. The molecular weight excluding hydrogens is 529 g/mol. The van der Waals surface area contributed by atoms with Crippen LogP contribution in [0, 0.1) is 0 Å². The Labute approximate surface area is 216 Å². The van der Waals surface area contributed by atoms with Gasteiger partial charge in [-0.1, -0.05) is 30.7 Å². The van der Waals surface area contributed by atoms with Gasteiger partial charge >= 0.3 is 6.09 Å². The molecule has 0 radical (unpaired) electrons. The van der Waals surface area contributed by atoms with Crippen molar-refractivity contribution in [3.63, 3.8) is 0 Å². The second-order valence-corrected chi connectivity index (χ2v) is 8.93. The van der Waals surface area contributed by atoms with Gasteiger partial charge in [0, 0.05) is 38.3 Å². The van der Waals surface area contributed by atoms with Crippen LogP contribution in [0.4, 0.5) is 4.79 Å². The van der Waals surface area contributed by atoms with Crippen LogP contribution < -0.4 is 10.6 Å². The van der Waals surface area contributed by atoms with Gasteiger partial charge in [-0.05, 0) is 64.1 Å². The van der Waals surface area contributed by atoms with Crippen LogP contribution in [0.3, 0.4) is 0 Å². The van der Waals surface area contributed by atoms with Gasteiger partial charge in [0.2, 0.25) is 0 Å². The third kappa shape index (κ3) is 8.96. The molecule has 2 fully saturated rings. The number of carbonyl (C=O) groups is 1. The fourth-order valence-electron chi connectivity index (χ4n) is 4.48. The van der Waals surface area contributed by atoms with Gasteiger partial charge in [0.25, 0.3) is 0 Å². The number of piperidine rings is 2. The minimum absolute atomic E-state index is 0. The standard InChI is InChI=1S/C25H41N5O2.HI/c1-4-26-24(28-23-13-16-29(17-14-23)25(31)32-5-2)27-18-21-9-11-22(12-10-21)19-30-15-7-6-8-20(30)3;/h9-12,20,23H,4-8,13-19H2,1-3H3,(H2,26,27,28);1H. The van der Waals surface area contributed by atoms with Gasteiger partial charge < -0.3 is 20.3 Å². The van der Waals surface area contributed by atoms with E-state index in [1.54, 1.807) is 4.90 Å². The molecule has 0 spiro atoms. The fourth-order valence-corrected chi connectivity index (χ4v) is 4.48. The molecule has 2 saturated heterocycles. The number of guanidine groups is 1. The molecule has 1 aromatic carbocycles. The lowest BCUT2D eigenvalue weighted by Gasteiger charge is -2.33. The molecule has 186 valence electrons. The van der Waals surface area contributed by atoms with Crippen molar-refractivity contribution in [3.05, 3.63) is 35.4 Å². The maximum absolute atomic E-state index is 11.9. The molecule has 2 aliphatic heterocycles. The minimum atomic E-state index is -0.204. The topological polar surface area (TPSA) is 69.2 Å². The number of carbonyl (C=O) groups excluding carboxylic acids is 1. The summed E-state index contributed by atoms with van der Waals surface area (Å²) in [6.07, 6.45) is 5.58. The van der Waals surface area contributed by atoms with Crippen molar-refractivity contribution in [2.45, 2.75) is 78.0 Å². The first-order chi connectivity index (χ1) is 15.6. The summed E-state index contributed by atoms with van der Waals surface area (Å²) in [4.78, 5) is 21.1. The molecule has 7 nitrogen and oxygen atoms in total. The SMILES string of the molecule is CCNC(=NCc1ccc(CN2CCCCC2C)cc1)NC1CCN(C(=O)OCC)CC1.I. The Morgan fingerprint density at radius 3 is 2.39 bits per heavy atom. The number of hydrogen-bond donors (Lipinski definition) is 2. The Kier molecular flexibility index (Phi) is 12.3. The maximum atomic E-state index is 11.9. The van der Waals surface area contributed by atoms with E-state index in [0.29, 0.717) is 38.3 Å². The Hall–Kier alpha value is -1.55. The normalized spacial score (nSPS) is 20.2. The number of likely N-dealkylation sites (tertiary alicyclic amines) is 2. The van der Waals surface area contributed by atoms with Crippen LogP contribution in [-0.2, 0) is 17.8 Å². The Morgan fingerprint density at radius 1 is 1.06 bits per heavy atom. The molecule has 33 heavy (non-hydrogen) atoms. The van der Waals surface area contributed by atoms with E-state index >= 15 is 0 Å². The van der Waals surface area contributed by atoms with Crippen molar-refractivity contribution in [1.82, 2.24) is 20.4 Å². The molecule has 2 heterocycles. The Morgan fingerprint density at radius 2 is 1.76 bits per heavy atom.